The van der Waals surface area contributed by atoms with Gasteiger partial charge in [-0.2, -0.15) is 0 Å². The van der Waals surface area contributed by atoms with Gasteiger partial charge in [-0.3, -0.25) is 0 Å². The van der Waals surface area contributed by atoms with Crippen molar-refractivity contribution in [3.8, 4) is 0 Å². The lowest BCUT2D eigenvalue weighted by Gasteiger charge is -2.24. The lowest BCUT2D eigenvalue weighted by molar-refractivity contribution is 0.325. The zero-order valence-corrected chi connectivity index (χ0v) is 12.1. The minimum absolute atomic E-state index is 0.233. The Morgan fingerprint density at radius 2 is 2.00 bits per heavy atom. The third-order valence-electron chi connectivity index (χ3n) is 4.22. The fourth-order valence-electron chi connectivity index (χ4n) is 2.90. The van der Waals surface area contributed by atoms with Crippen LogP contribution in [-0.4, -0.2) is 23.1 Å². The van der Waals surface area contributed by atoms with Crippen molar-refractivity contribution >= 4 is 16.7 Å². The van der Waals surface area contributed by atoms with Gasteiger partial charge in [0, 0.05) is 18.5 Å². The van der Waals surface area contributed by atoms with Crippen LogP contribution in [-0.2, 0) is 0 Å². The summed E-state index contributed by atoms with van der Waals surface area (Å²) >= 11 is 0. The van der Waals surface area contributed by atoms with Crippen LogP contribution in [0.3, 0.4) is 0 Å². The molecule has 1 saturated heterocycles. The minimum atomic E-state index is -0.233. The van der Waals surface area contributed by atoms with Gasteiger partial charge in [0.15, 0.2) is 0 Å². The third kappa shape index (κ3) is 2.60. The molecule has 1 fully saturated rings. The van der Waals surface area contributed by atoms with E-state index in [2.05, 4.69) is 28.7 Å². The molecule has 1 aromatic heterocycles. The summed E-state index contributed by atoms with van der Waals surface area (Å²) in [6, 6.07) is 4.71. The highest BCUT2D eigenvalue weighted by Gasteiger charge is 2.24. The molecule has 0 saturated carbocycles. The Morgan fingerprint density at radius 1 is 1.15 bits per heavy atom. The van der Waals surface area contributed by atoms with Gasteiger partial charge in [0.1, 0.15) is 18.0 Å². The van der Waals surface area contributed by atoms with E-state index in [4.69, 9.17) is 0 Å². The molecule has 3 rings (SSSR count). The smallest absolute Gasteiger partial charge is 0.139 e. The predicted octanol–water partition coefficient (Wildman–Crippen LogP) is 3.79. The Balaban J connectivity index is 1.99. The molecule has 0 unspecified atom stereocenters. The van der Waals surface area contributed by atoms with Gasteiger partial charge in [-0.1, -0.05) is 13.8 Å². The fraction of sp³-hybridized carbons (Fsp3) is 0.500. The Bertz CT molecular complexity index is 624. The van der Waals surface area contributed by atoms with E-state index in [1.807, 2.05) is 0 Å². The van der Waals surface area contributed by atoms with Crippen molar-refractivity contribution in [3.05, 3.63) is 30.3 Å². The standard InChI is InChI=1S/C16H20FN3/c1-16(2)6-3-8-20(9-7-16)15-13-10-12(17)4-5-14(13)18-11-19-15/h4-5,10-11H,3,6-9H2,1-2H3. The Hall–Kier alpha value is -1.71. The zero-order valence-electron chi connectivity index (χ0n) is 12.1. The van der Waals surface area contributed by atoms with Crippen LogP contribution in [0.15, 0.2) is 24.5 Å². The number of anilines is 1. The highest BCUT2D eigenvalue weighted by molar-refractivity contribution is 5.89. The Labute approximate surface area is 118 Å². The minimum Gasteiger partial charge on any atom is -0.356 e. The van der Waals surface area contributed by atoms with E-state index in [-0.39, 0.29) is 5.82 Å². The number of halogens is 1. The molecule has 1 aliphatic heterocycles. The number of hydrogen-bond donors (Lipinski definition) is 0. The van der Waals surface area contributed by atoms with Gasteiger partial charge >= 0.3 is 0 Å². The van der Waals surface area contributed by atoms with Crippen molar-refractivity contribution in [1.29, 1.82) is 0 Å². The molecule has 1 aromatic carbocycles. The molecular formula is C16H20FN3. The van der Waals surface area contributed by atoms with Crippen LogP contribution in [0.1, 0.15) is 33.1 Å². The molecule has 106 valence electrons. The van der Waals surface area contributed by atoms with Gasteiger partial charge in [0.2, 0.25) is 0 Å². The number of fused-ring (bicyclic) bond motifs is 1. The molecule has 0 aliphatic carbocycles. The maximum atomic E-state index is 13.5. The van der Waals surface area contributed by atoms with E-state index in [1.165, 1.54) is 12.5 Å². The van der Waals surface area contributed by atoms with Gasteiger partial charge in [-0.05, 0) is 42.9 Å². The van der Waals surface area contributed by atoms with E-state index in [1.54, 1.807) is 18.5 Å². The summed E-state index contributed by atoms with van der Waals surface area (Å²) in [4.78, 5) is 10.9. The molecule has 1 aliphatic rings. The summed E-state index contributed by atoms with van der Waals surface area (Å²) in [5.41, 5.74) is 1.18. The summed E-state index contributed by atoms with van der Waals surface area (Å²) in [6.07, 6.45) is 5.08. The summed E-state index contributed by atoms with van der Waals surface area (Å²) in [5.74, 6) is 0.635. The number of hydrogen-bond acceptors (Lipinski definition) is 3. The highest BCUT2D eigenvalue weighted by atomic mass is 19.1. The summed E-state index contributed by atoms with van der Waals surface area (Å²) in [6.45, 7) is 6.57. The van der Waals surface area contributed by atoms with Crippen molar-refractivity contribution < 1.29 is 4.39 Å². The normalized spacial score (nSPS) is 19.1. The monoisotopic (exact) mass is 273 g/mol. The van der Waals surface area contributed by atoms with Gasteiger partial charge in [0.25, 0.3) is 0 Å². The Kier molecular flexibility index (Phi) is 3.32. The molecule has 2 aromatic rings. The average Bonchev–Trinajstić information content (AvgIpc) is 2.59. The molecule has 0 spiro atoms. The Morgan fingerprint density at radius 3 is 2.85 bits per heavy atom. The molecule has 3 nitrogen and oxygen atoms in total. The van der Waals surface area contributed by atoms with Crippen LogP contribution >= 0.6 is 0 Å². The zero-order chi connectivity index (χ0) is 14.2. The predicted molar refractivity (Wildman–Crippen MR) is 79.3 cm³/mol. The molecular weight excluding hydrogens is 253 g/mol. The van der Waals surface area contributed by atoms with Crippen molar-refractivity contribution in [2.24, 2.45) is 5.41 Å². The number of aromatic nitrogens is 2. The first kappa shape index (κ1) is 13.3. The van der Waals surface area contributed by atoms with Crippen molar-refractivity contribution in [2.75, 3.05) is 18.0 Å². The highest BCUT2D eigenvalue weighted by Crippen LogP contribution is 2.33. The summed E-state index contributed by atoms with van der Waals surface area (Å²) in [5, 5.41) is 0.812. The number of benzene rings is 1. The fourth-order valence-corrected chi connectivity index (χ4v) is 2.90. The maximum Gasteiger partial charge on any atom is 0.139 e. The summed E-state index contributed by atoms with van der Waals surface area (Å²) in [7, 11) is 0. The lowest BCUT2D eigenvalue weighted by atomic mass is 9.85. The van der Waals surface area contributed by atoms with E-state index < -0.39 is 0 Å². The second kappa shape index (κ2) is 5.00. The van der Waals surface area contributed by atoms with Crippen molar-refractivity contribution in [2.45, 2.75) is 33.1 Å². The van der Waals surface area contributed by atoms with Gasteiger partial charge in [-0.25, -0.2) is 14.4 Å². The van der Waals surface area contributed by atoms with E-state index in [9.17, 15) is 4.39 Å². The topological polar surface area (TPSA) is 29.0 Å². The lowest BCUT2D eigenvalue weighted by Crippen LogP contribution is -2.26. The SMILES string of the molecule is CC1(C)CCCN(c2ncnc3ccc(F)cc23)CC1. The number of nitrogens with zero attached hydrogens (tertiary/aromatic N) is 3. The molecule has 0 N–H and O–H groups in total. The van der Waals surface area contributed by atoms with E-state index in [0.29, 0.717) is 5.41 Å². The van der Waals surface area contributed by atoms with Crippen LogP contribution < -0.4 is 4.90 Å². The van der Waals surface area contributed by atoms with Crippen LogP contribution in [0.25, 0.3) is 10.9 Å². The summed E-state index contributed by atoms with van der Waals surface area (Å²) < 4.78 is 13.5. The first-order valence-electron chi connectivity index (χ1n) is 7.20. The quantitative estimate of drug-likeness (QED) is 0.791. The van der Waals surface area contributed by atoms with Crippen molar-refractivity contribution in [1.82, 2.24) is 9.97 Å². The number of rotatable bonds is 1. The first-order valence-corrected chi connectivity index (χ1v) is 7.20. The third-order valence-corrected chi connectivity index (χ3v) is 4.22. The van der Waals surface area contributed by atoms with Gasteiger partial charge < -0.3 is 4.90 Å². The molecule has 0 bridgehead atoms. The van der Waals surface area contributed by atoms with Crippen molar-refractivity contribution in [3.63, 3.8) is 0 Å². The van der Waals surface area contributed by atoms with E-state index in [0.717, 1.165) is 42.7 Å². The van der Waals surface area contributed by atoms with Gasteiger partial charge in [-0.15, -0.1) is 0 Å². The molecule has 0 radical (unpaired) electrons. The average molecular weight is 273 g/mol. The van der Waals surface area contributed by atoms with E-state index >= 15 is 0 Å². The second-order valence-electron chi connectivity index (χ2n) is 6.36. The van der Waals surface area contributed by atoms with Crippen LogP contribution in [0.4, 0.5) is 10.2 Å². The second-order valence-corrected chi connectivity index (χ2v) is 6.36. The molecule has 20 heavy (non-hydrogen) atoms. The molecule has 0 amide bonds. The van der Waals surface area contributed by atoms with Crippen LogP contribution in [0, 0.1) is 11.2 Å². The molecule has 4 heteroatoms. The van der Waals surface area contributed by atoms with Gasteiger partial charge in [0.05, 0.1) is 5.52 Å². The van der Waals surface area contributed by atoms with Crippen LogP contribution in [0.2, 0.25) is 0 Å². The maximum absolute atomic E-state index is 13.5. The molecule has 2 heterocycles. The van der Waals surface area contributed by atoms with Crippen LogP contribution in [0.5, 0.6) is 0 Å². The largest absolute Gasteiger partial charge is 0.356 e. The first-order chi connectivity index (χ1) is 9.55. The molecule has 0 atom stereocenters.